The van der Waals surface area contributed by atoms with Crippen LogP contribution in [0.25, 0.3) is 0 Å². The lowest BCUT2D eigenvalue weighted by Crippen LogP contribution is -2.48. The van der Waals surface area contributed by atoms with E-state index in [0.29, 0.717) is 17.5 Å². The van der Waals surface area contributed by atoms with Gasteiger partial charge in [-0.1, -0.05) is 33.6 Å². The van der Waals surface area contributed by atoms with Crippen LogP contribution in [0.15, 0.2) is 0 Å². The van der Waals surface area contributed by atoms with E-state index in [1.165, 1.54) is 45.2 Å². The zero-order valence-electron chi connectivity index (χ0n) is 13.3. The van der Waals surface area contributed by atoms with Crippen molar-refractivity contribution in [3.63, 3.8) is 0 Å². The van der Waals surface area contributed by atoms with Crippen LogP contribution in [-0.4, -0.2) is 36.6 Å². The van der Waals surface area contributed by atoms with E-state index in [-0.39, 0.29) is 0 Å². The number of hydrogen-bond acceptors (Lipinski definition) is 2. The first-order chi connectivity index (χ1) is 8.56. The Hall–Kier alpha value is -0.0800. The average Bonchev–Trinajstić information content (AvgIpc) is 2.44. The smallest absolute Gasteiger partial charge is 0.0192 e. The number of rotatable bonds is 7. The molecule has 0 amide bonds. The molecular formula is C16H34N2. The van der Waals surface area contributed by atoms with Crippen molar-refractivity contribution in [3.05, 3.63) is 0 Å². The van der Waals surface area contributed by atoms with Crippen molar-refractivity contribution in [2.24, 2.45) is 5.41 Å². The molecule has 0 aromatic rings. The Kier molecular flexibility index (Phi) is 6.65. The predicted molar refractivity (Wildman–Crippen MR) is 81.0 cm³/mol. The molecule has 2 heteroatoms. The largest absolute Gasteiger partial charge is 0.313 e. The van der Waals surface area contributed by atoms with Gasteiger partial charge in [-0.15, -0.1) is 0 Å². The molecular weight excluding hydrogens is 220 g/mol. The van der Waals surface area contributed by atoms with Crippen molar-refractivity contribution in [2.75, 3.05) is 19.6 Å². The van der Waals surface area contributed by atoms with Crippen molar-refractivity contribution in [1.82, 2.24) is 10.2 Å². The summed E-state index contributed by atoms with van der Waals surface area (Å²) in [6, 6.07) is 1.34. The lowest BCUT2D eigenvalue weighted by molar-refractivity contribution is 0.0702. The Labute approximate surface area is 115 Å². The molecule has 0 radical (unpaired) electrons. The quantitative estimate of drug-likeness (QED) is 0.746. The van der Waals surface area contributed by atoms with E-state index in [4.69, 9.17) is 0 Å². The van der Waals surface area contributed by atoms with E-state index in [1.807, 2.05) is 0 Å². The van der Waals surface area contributed by atoms with E-state index in [9.17, 15) is 0 Å². The van der Waals surface area contributed by atoms with Crippen LogP contribution in [0.1, 0.15) is 66.7 Å². The Morgan fingerprint density at radius 2 is 1.61 bits per heavy atom. The number of piperidine rings is 1. The summed E-state index contributed by atoms with van der Waals surface area (Å²) in [5.41, 5.74) is 0.653. The third-order valence-corrected chi connectivity index (χ3v) is 5.36. The lowest BCUT2D eigenvalue weighted by Gasteiger charge is -2.43. The molecule has 0 saturated carbocycles. The maximum atomic E-state index is 3.64. The molecule has 108 valence electrons. The highest BCUT2D eigenvalue weighted by Gasteiger charge is 2.32. The number of nitrogens with one attached hydrogen (secondary N) is 1. The van der Waals surface area contributed by atoms with Crippen molar-refractivity contribution in [1.29, 1.82) is 0 Å². The predicted octanol–water partition coefficient (Wildman–Crippen LogP) is 3.67. The molecule has 1 aliphatic rings. The summed E-state index contributed by atoms with van der Waals surface area (Å²) in [7, 11) is 0. The zero-order chi connectivity index (χ0) is 13.6. The molecule has 18 heavy (non-hydrogen) atoms. The average molecular weight is 254 g/mol. The topological polar surface area (TPSA) is 15.3 Å². The number of nitrogens with zero attached hydrogens (tertiary/aromatic N) is 1. The zero-order valence-corrected chi connectivity index (χ0v) is 13.3. The highest BCUT2D eigenvalue weighted by Crippen LogP contribution is 2.38. The van der Waals surface area contributed by atoms with Crippen LogP contribution in [0.5, 0.6) is 0 Å². The Morgan fingerprint density at radius 3 is 2.06 bits per heavy atom. The molecule has 0 aromatic carbocycles. The molecule has 1 heterocycles. The first-order valence-corrected chi connectivity index (χ1v) is 8.04. The number of likely N-dealkylation sites (tertiary alicyclic amines) is 1. The SMILES string of the molecule is CCC(C)NCC(C)N1CCC(CC)(CC)CC1. The summed E-state index contributed by atoms with van der Waals surface area (Å²) < 4.78 is 0. The van der Waals surface area contributed by atoms with Crippen LogP contribution >= 0.6 is 0 Å². The van der Waals surface area contributed by atoms with E-state index >= 15 is 0 Å². The van der Waals surface area contributed by atoms with E-state index in [2.05, 4.69) is 44.8 Å². The lowest BCUT2D eigenvalue weighted by atomic mass is 9.74. The molecule has 0 aromatic heterocycles. The molecule has 1 aliphatic heterocycles. The molecule has 1 rings (SSSR count). The van der Waals surface area contributed by atoms with Gasteiger partial charge in [-0.25, -0.2) is 0 Å². The minimum Gasteiger partial charge on any atom is -0.313 e. The van der Waals surface area contributed by atoms with Gasteiger partial charge in [-0.05, 0) is 51.6 Å². The summed E-state index contributed by atoms with van der Waals surface area (Å²) in [5, 5.41) is 3.64. The second-order valence-electron chi connectivity index (χ2n) is 6.31. The molecule has 2 atom stereocenters. The van der Waals surface area contributed by atoms with E-state index in [0.717, 1.165) is 6.54 Å². The Bertz CT molecular complexity index is 213. The van der Waals surface area contributed by atoms with Crippen LogP contribution in [0.3, 0.4) is 0 Å². The molecule has 1 fully saturated rings. The molecule has 0 aliphatic carbocycles. The fourth-order valence-corrected chi connectivity index (χ4v) is 3.04. The fraction of sp³-hybridized carbons (Fsp3) is 1.00. The van der Waals surface area contributed by atoms with Crippen LogP contribution in [0, 0.1) is 5.41 Å². The van der Waals surface area contributed by atoms with Gasteiger partial charge >= 0.3 is 0 Å². The van der Waals surface area contributed by atoms with E-state index in [1.54, 1.807) is 0 Å². The van der Waals surface area contributed by atoms with Gasteiger partial charge in [0.25, 0.3) is 0 Å². The molecule has 2 unspecified atom stereocenters. The monoisotopic (exact) mass is 254 g/mol. The van der Waals surface area contributed by atoms with Gasteiger partial charge in [0.05, 0.1) is 0 Å². The highest BCUT2D eigenvalue weighted by atomic mass is 15.2. The van der Waals surface area contributed by atoms with Gasteiger partial charge < -0.3 is 5.32 Å². The normalized spacial score (nSPS) is 23.8. The first kappa shape index (κ1) is 16.0. The minimum absolute atomic E-state index is 0.653. The maximum absolute atomic E-state index is 3.64. The van der Waals surface area contributed by atoms with Crippen LogP contribution in [-0.2, 0) is 0 Å². The van der Waals surface area contributed by atoms with Gasteiger partial charge in [0.15, 0.2) is 0 Å². The summed E-state index contributed by atoms with van der Waals surface area (Å²) in [4.78, 5) is 2.68. The van der Waals surface area contributed by atoms with Gasteiger partial charge in [-0.3, -0.25) is 4.90 Å². The Balaban J connectivity index is 2.33. The molecule has 0 spiro atoms. The second-order valence-corrected chi connectivity index (χ2v) is 6.31. The third-order valence-electron chi connectivity index (χ3n) is 5.36. The molecule has 1 saturated heterocycles. The summed E-state index contributed by atoms with van der Waals surface area (Å²) in [5.74, 6) is 0. The van der Waals surface area contributed by atoms with Gasteiger partial charge in [0, 0.05) is 18.6 Å². The summed E-state index contributed by atoms with van der Waals surface area (Å²) in [6.45, 7) is 15.4. The van der Waals surface area contributed by atoms with Crippen molar-refractivity contribution in [3.8, 4) is 0 Å². The van der Waals surface area contributed by atoms with Crippen LogP contribution < -0.4 is 5.32 Å². The molecule has 0 bridgehead atoms. The Morgan fingerprint density at radius 1 is 1.06 bits per heavy atom. The van der Waals surface area contributed by atoms with E-state index < -0.39 is 0 Å². The van der Waals surface area contributed by atoms with Crippen LogP contribution in [0.4, 0.5) is 0 Å². The van der Waals surface area contributed by atoms with Gasteiger partial charge in [0.2, 0.25) is 0 Å². The minimum atomic E-state index is 0.653. The maximum Gasteiger partial charge on any atom is 0.0192 e. The second kappa shape index (κ2) is 7.49. The van der Waals surface area contributed by atoms with Gasteiger partial charge in [-0.2, -0.15) is 0 Å². The third kappa shape index (κ3) is 4.24. The van der Waals surface area contributed by atoms with Crippen molar-refractivity contribution >= 4 is 0 Å². The highest BCUT2D eigenvalue weighted by molar-refractivity contribution is 4.86. The van der Waals surface area contributed by atoms with Crippen LogP contribution in [0.2, 0.25) is 0 Å². The first-order valence-electron chi connectivity index (χ1n) is 8.04. The number of hydrogen-bond donors (Lipinski definition) is 1. The molecule has 2 nitrogen and oxygen atoms in total. The fourth-order valence-electron chi connectivity index (χ4n) is 3.04. The summed E-state index contributed by atoms with van der Waals surface area (Å²) in [6.07, 6.45) is 6.73. The molecule has 1 N–H and O–H groups in total. The summed E-state index contributed by atoms with van der Waals surface area (Å²) >= 11 is 0. The standard InChI is InChI=1S/C16H34N2/c1-6-14(4)17-13-15(5)18-11-9-16(7-2,8-3)10-12-18/h14-15,17H,6-13H2,1-5H3. The van der Waals surface area contributed by atoms with Crippen molar-refractivity contribution < 1.29 is 0 Å². The van der Waals surface area contributed by atoms with Gasteiger partial charge in [0.1, 0.15) is 0 Å². The van der Waals surface area contributed by atoms with Crippen molar-refractivity contribution in [2.45, 2.75) is 78.8 Å².